The lowest BCUT2D eigenvalue weighted by atomic mass is 9.72. The van der Waals surface area contributed by atoms with E-state index in [-0.39, 0.29) is 6.42 Å². The van der Waals surface area contributed by atoms with Crippen molar-refractivity contribution in [3.8, 4) is 0 Å². The zero-order valence-corrected chi connectivity index (χ0v) is 10.5. The van der Waals surface area contributed by atoms with E-state index in [1.54, 1.807) is 18.3 Å². The molecule has 3 aliphatic rings. The molecule has 1 saturated heterocycles. The molecule has 1 aliphatic carbocycles. The van der Waals surface area contributed by atoms with Crippen molar-refractivity contribution in [2.75, 3.05) is 4.43 Å². The Morgan fingerprint density at radius 1 is 1.56 bits per heavy atom. The summed E-state index contributed by atoms with van der Waals surface area (Å²) >= 11 is 2.16. The third-order valence-electron chi connectivity index (χ3n) is 3.37. The van der Waals surface area contributed by atoms with Gasteiger partial charge in [-0.1, -0.05) is 28.7 Å². The molecule has 1 fully saturated rings. The van der Waals surface area contributed by atoms with Crippen LogP contribution in [0, 0.1) is 0 Å². The van der Waals surface area contributed by atoms with E-state index in [2.05, 4.69) is 27.6 Å². The molecule has 84 valence electrons. The first-order valence-corrected chi connectivity index (χ1v) is 6.59. The summed E-state index contributed by atoms with van der Waals surface area (Å²) in [7, 11) is 0. The number of aromatic nitrogens is 1. The van der Waals surface area contributed by atoms with E-state index in [0.29, 0.717) is 22.1 Å². The molecular weight excluding hydrogens is 324 g/mol. The third kappa shape index (κ3) is 1.07. The van der Waals surface area contributed by atoms with Gasteiger partial charge >= 0.3 is 5.97 Å². The van der Waals surface area contributed by atoms with Crippen molar-refractivity contribution in [2.45, 2.75) is 24.1 Å². The van der Waals surface area contributed by atoms with Gasteiger partial charge in [-0.05, 0) is 12.5 Å². The van der Waals surface area contributed by atoms with Crippen LogP contribution in [-0.4, -0.2) is 15.4 Å². The maximum absolute atomic E-state index is 14.5. The second-order valence-electron chi connectivity index (χ2n) is 4.22. The number of carbonyl (C=O) groups is 1. The average molecular weight is 333 g/mol. The lowest BCUT2D eigenvalue weighted by Gasteiger charge is -2.47. The van der Waals surface area contributed by atoms with Crippen LogP contribution in [-0.2, 0) is 20.8 Å². The Kier molecular flexibility index (Phi) is 2.05. The first-order valence-electron chi connectivity index (χ1n) is 5.07. The Morgan fingerprint density at radius 3 is 3.06 bits per heavy atom. The highest BCUT2D eigenvalue weighted by Crippen LogP contribution is 2.53. The first kappa shape index (κ1) is 10.4. The molecule has 0 saturated carbocycles. The molecule has 0 aromatic carbocycles. The number of esters is 1. The van der Waals surface area contributed by atoms with Crippen molar-refractivity contribution >= 4 is 28.6 Å². The van der Waals surface area contributed by atoms with Crippen LogP contribution in [0.2, 0.25) is 0 Å². The van der Waals surface area contributed by atoms with Crippen LogP contribution in [0.3, 0.4) is 0 Å². The molecule has 3 nitrogen and oxygen atoms in total. The van der Waals surface area contributed by atoms with E-state index < -0.39 is 17.2 Å². The molecule has 1 aromatic rings. The molecule has 2 bridgehead atoms. The minimum Gasteiger partial charge on any atom is -0.449 e. The lowest BCUT2D eigenvalue weighted by molar-refractivity contribution is -0.195. The summed E-state index contributed by atoms with van der Waals surface area (Å²) in [5, 5.41) is 0. The summed E-state index contributed by atoms with van der Waals surface area (Å²) in [6.07, 6.45) is 2.33. The zero-order valence-electron chi connectivity index (χ0n) is 8.37. The summed E-state index contributed by atoms with van der Waals surface area (Å²) in [5.74, 6) is -0.754. The maximum atomic E-state index is 14.5. The van der Waals surface area contributed by atoms with Gasteiger partial charge in [-0.2, -0.15) is 0 Å². The minimum absolute atomic E-state index is 0.202. The summed E-state index contributed by atoms with van der Waals surface area (Å²) in [6.45, 7) is 0. The number of halogens is 2. The number of hydrogen-bond acceptors (Lipinski definition) is 3. The van der Waals surface area contributed by atoms with E-state index in [1.165, 1.54) is 0 Å². The molecule has 0 spiro atoms. The maximum Gasteiger partial charge on any atom is 0.349 e. The molecular formula is C11H9FINO2. The second kappa shape index (κ2) is 3.15. The van der Waals surface area contributed by atoms with Gasteiger partial charge in [0.25, 0.3) is 0 Å². The van der Waals surface area contributed by atoms with E-state index >= 15 is 0 Å². The predicted octanol–water partition coefficient (Wildman–Crippen LogP) is 2.23. The van der Waals surface area contributed by atoms with Gasteiger partial charge < -0.3 is 4.74 Å². The van der Waals surface area contributed by atoms with Crippen LogP contribution < -0.4 is 0 Å². The lowest BCUT2D eigenvalue weighted by Crippen LogP contribution is -2.54. The number of ether oxygens (including phenoxy) is 1. The van der Waals surface area contributed by atoms with Gasteiger partial charge in [0.1, 0.15) is 0 Å². The fourth-order valence-electron chi connectivity index (χ4n) is 2.44. The van der Waals surface area contributed by atoms with E-state index in [9.17, 15) is 9.18 Å². The highest BCUT2D eigenvalue weighted by molar-refractivity contribution is 14.1. The summed E-state index contributed by atoms with van der Waals surface area (Å²) in [6, 6.07) is 3.30. The van der Waals surface area contributed by atoms with Crippen molar-refractivity contribution in [2.24, 2.45) is 0 Å². The van der Waals surface area contributed by atoms with Gasteiger partial charge in [0.15, 0.2) is 5.60 Å². The van der Waals surface area contributed by atoms with Crippen LogP contribution >= 0.6 is 22.6 Å². The highest BCUT2D eigenvalue weighted by Gasteiger charge is 2.61. The molecule has 1 aromatic heterocycles. The number of alkyl halides is 2. The third-order valence-corrected chi connectivity index (χ3v) is 4.60. The minimum atomic E-state index is -1.98. The Morgan fingerprint density at radius 2 is 2.38 bits per heavy atom. The Bertz CT molecular complexity index is 481. The van der Waals surface area contributed by atoms with Crippen LogP contribution in [0.4, 0.5) is 4.39 Å². The predicted molar refractivity (Wildman–Crippen MR) is 62.9 cm³/mol. The van der Waals surface area contributed by atoms with E-state index in [4.69, 9.17) is 4.74 Å². The van der Waals surface area contributed by atoms with Crippen molar-refractivity contribution in [1.29, 1.82) is 0 Å². The van der Waals surface area contributed by atoms with E-state index in [1.807, 2.05) is 0 Å². The molecule has 3 heterocycles. The summed E-state index contributed by atoms with van der Waals surface area (Å²) < 4.78 is 20.4. The van der Waals surface area contributed by atoms with Gasteiger partial charge in [0.05, 0.1) is 5.69 Å². The summed E-state index contributed by atoms with van der Waals surface area (Å²) in [4.78, 5) is 15.9. The summed E-state index contributed by atoms with van der Waals surface area (Å²) in [5.41, 5.74) is -1.69. The van der Waals surface area contributed by atoms with Crippen LogP contribution in [0.15, 0.2) is 18.3 Å². The van der Waals surface area contributed by atoms with Gasteiger partial charge in [-0.25, -0.2) is 9.18 Å². The van der Waals surface area contributed by atoms with Gasteiger partial charge in [0, 0.05) is 22.6 Å². The number of carbonyl (C=O) groups excluding carboxylic acids is 1. The van der Waals surface area contributed by atoms with Gasteiger partial charge in [-0.3, -0.25) is 4.98 Å². The number of fused-ring (bicyclic) bond motifs is 2. The van der Waals surface area contributed by atoms with Gasteiger partial charge in [0.2, 0.25) is 5.67 Å². The fourth-order valence-corrected chi connectivity index (χ4v) is 3.34. The molecule has 2 atom stereocenters. The smallest absolute Gasteiger partial charge is 0.349 e. The first-order chi connectivity index (χ1) is 7.62. The Hall–Kier alpha value is -0.720. The number of nitrogens with zero attached hydrogens (tertiary/aromatic N) is 1. The quantitative estimate of drug-likeness (QED) is 0.449. The largest absolute Gasteiger partial charge is 0.449 e. The number of rotatable bonds is 1. The average Bonchev–Trinajstić information content (AvgIpc) is 2.32. The zero-order chi connectivity index (χ0) is 11.4. The number of hydrogen-bond donors (Lipinski definition) is 0. The van der Waals surface area contributed by atoms with E-state index in [0.717, 1.165) is 0 Å². The van der Waals surface area contributed by atoms with Crippen molar-refractivity contribution < 1.29 is 13.9 Å². The Labute approximate surface area is 106 Å². The SMILES string of the molecule is O=C1O[C@@]2(CI)CC[C@]1(F)c1cccnc12. The van der Waals surface area contributed by atoms with Crippen molar-refractivity contribution in [3.05, 3.63) is 29.6 Å². The molecule has 16 heavy (non-hydrogen) atoms. The van der Waals surface area contributed by atoms with Crippen molar-refractivity contribution in [3.63, 3.8) is 0 Å². The molecule has 0 radical (unpaired) electrons. The normalized spacial score (nSPS) is 35.8. The molecule has 0 amide bonds. The molecule has 4 rings (SSSR count). The monoisotopic (exact) mass is 333 g/mol. The van der Waals surface area contributed by atoms with Crippen molar-refractivity contribution in [1.82, 2.24) is 4.98 Å². The van der Waals surface area contributed by atoms with Gasteiger partial charge in [-0.15, -0.1) is 0 Å². The molecule has 0 unspecified atom stereocenters. The topological polar surface area (TPSA) is 39.2 Å². The molecule has 0 N–H and O–H groups in total. The standard InChI is InChI=1S/C11H9FINO2/c12-11-4-3-10(6-13,16-9(11)15)8-7(11)2-1-5-14-8/h1-2,5H,3-4,6H2/t10-,11+/m1/s1. The molecule has 2 aliphatic heterocycles. The van der Waals surface area contributed by atoms with Crippen LogP contribution in [0.5, 0.6) is 0 Å². The molecule has 5 heteroatoms. The van der Waals surface area contributed by atoms with Crippen LogP contribution in [0.25, 0.3) is 0 Å². The highest BCUT2D eigenvalue weighted by atomic mass is 127. The number of pyridine rings is 1. The Balaban J connectivity index is 2.30. The second-order valence-corrected chi connectivity index (χ2v) is 4.98. The fraction of sp³-hybridized carbons (Fsp3) is 0.455. The van der Waals surface area contributed by atoms with Crippen LogP contribution in [0.1, 0.15) is 24.1 Å².